The van der Waals surface area contributed by atoms with Crippen LogP contribution in [0.2, 0.25) is 0 Å². The van der Waals surface area contributed by atoms with Crippen molar-refractivity contribution in [1.82, 2.24) is 9.88 Å². The van der Waals surface area contributed by atoms with E-state index < -0.39 is 11.6 Å². The van der Waals surface area contributed by atoms with Crippen molar-refractivity contribution in [2.45, 2.75) is 25.8 Å². The first-order valence-electron chi connectivity index (χ1n) is 9.35. The number of nitriles is 1. The largest absolute Gasteiger partial charge is 0.356 e. The van der Waals surface area contributed by atoms with E-state index in [-0.39, 0.29) is 5.41 Å². The van der Waals surface area contributed by atoms with Gasteiger partial charge in [-0.2, -0.15) is 5.26 Å². The number of likely N-dealkylation sites (tertiary alicyclic amines) is 1. The van der Waals surface area contributed by atoms with Crippen LogP contribution in [0.3, 0.4) is 0 Å². The molecule has 2 aliphatic rings. The van der Waals surface area contributed by atoms with E-state index in [2.05, 4.69) is 20.9 Å². The number of hydrogen-bond donors (Lipinski definition) is 0. The van der Waals surface area contributed by atoms with Crippen molar-refractivity contribution in [2.75, 3.05) is 31.1 Å². The molecule has 1 spiro atoms. The van der Waals surface area contributed by atoms with Crippen LogP contribution in [0.4, 0.5) is 14.6 Å². The topological polar surface area (TPSA) is 43.2 Å². The average Bonchev–Trinajstić information content (AvgIpc) is 3.09. The second kappa shape index (κ2) is 7.24. The molecule has 0 N–H and O–H groups in total. The molecule has 2 aliphatic heterocycles. The molecule has 1 atom stereocenters. The maximum atomic E-state index is 14.0. The zero-order valence-electron chi connectivity index (χ0n) is 15.2. The third kappa shape index (κ3) is 3.65. The molecular formula is C21H22F2N4. The molecular weight excluding hydrogens is 346 g/mol. The lowest BCUT2D eigenvalue weighted by molar-refractivity contribution is 0.0980. The molecule has 6 heteroatoms. The summed E-state index contributed by atoms with van der Waals surface area (Å²) in [6.07, 6.45) is 4.91. The molecule has 1 aromatic heterocycles. The normalized spacial score (nSPS) is 22.9. The first-order chi connectivity index (χ1) is 13.1. The Labute approximate surface area is 158 Å². The van der Waals surface area contributed by atoms with Crippen LogP contribution in [0.5, 0.6) is 0 Å². The van der Waals surface area contributed by atoms with Gasteiger partial charge < -0.3 is 4.90 Å². The van der Waals surface area contributed by atoms with Crippen LogP contribution >= 0.6 is 0 Å². The smallest absolute Gasteiger partial charge is 0.163 e. The minimum Gasteiger partial charge on any atom is -0.356 e. The fraction of sp³-hybridized carbons (Fsp3) is 0.429. The summed E-state index contributed by atoms with van der Waals surface area (Å²) in [6, 6.07) is 10.1. The quantitative estimate of drug-likeness (QED) is 0.828. The predicted octanol–water partition coefficient (Wildman–Crippen LogP) is 3.72. The first-order valence-corrected chi connectivity index (χ1v) is 9.35. The van der Waals surface area contributed by atoms with Crippen LogP contribution in [0.15, 0.2) is 36.5 Å². The summed E-state index contributed by atoms with van der Waals surface area (Å²) in [5.41, 5.74) is 1.19. The molecule has 0 saturated carbocycles. The minimum atomic E-state index is -0.783. The van der Waals surface area contributed by atoms with Crippen molar-refractivity contribution < 1.29 is 8.78 Å². The van der Waals surface area contributed by atoms with Crippen molar-refractivity contribution >= 4 is 5.82 Å². The van der Waals surface area contributed by atoms with Gasteiger partial charge in [-0.05, 0) is 44.0 Å². The summed E-state index contributed by atoms with van der Waals surface area (Å²) in [5.74, 6) is -0.670. The lowest BCUT2D eigenvalue weighted by Crippen LogP contribution is -2.44. The fourth-order valence-corrected chi connectivity index (χ4v) is 4.48. The number of pyridine rings is 1. The SMILES string of the molecule is N#Cc1ccnc(N2CC[C@]3(CCCN(Cc4cccc(F)c4F)C3)C2)c1. The minimum absolute atomic E-state index is 0.145. The molecule has 0 unspecified atom stereocenters. The van der Waals surface area contributed by atoms with Crippen molar-refractivity contribution in [1.29, 1.82) is 5.26 Å². The molecule has 0 aliphatic carbocycles. The van der Waals surface area contributed by atoms with E-state index in [0.717, 1.165) is 57.3 Å². The summed E-state index contributed by atoms with van der Waals surface area (Å²) in [7, 11) is 0. The maximum absolute atomic E-state index is 14.0. The summed E-state index contributed by atoms with van der Waals surface area (Å²) in [4.78, 5) is 8.91. The summed E-state index contributed by atoms with van der Waals surface area (Å²) < 4.78 is 27.5. The van der Waals surface area contributed by atoms with Gasteiger partial charge in [0.25, 0.3) is 0 Å². The van der Waals surface area contributed by atoms with E-state index in [1.54, 1.807) is 24.4 Å². The van der Waals surface area contributed by atoms with Gasteiger partial charge in [0.15, 0.2) is 11.6 Å². The Morgan fingerprint density at radius 1 is 1.15 bits per heavy atom. The van der Waals surface area contributed by atoms with Crippen LogP contribution < -0.4 is 4.90 Å². The highest BCUT2D eigenvalue weighted by atomic mass is 19.2. The van der Waals surface area contributed by atoms with Crippen molar-refractivity contribution in [2.24, 2.45) is 5.41 Å². The fourth-order valence-electron chi connectivity index (χ4n) is 4.48. The highest BCUT2D eigenvalue weighted by molar-refractivity contribution is 5.46. The van der Waals surface area contributed by atoms with Gasteiger partial charge in [0.1, 0.15) is 5.82 Å². The molecule has 1 aromatic carbocycles. The van der Waals surface area contributed by atoms with Gasteiger partial charge in [0.05, 0.1) is 11.6 Å². The van der Waals surface area contributed by atoms with Crippen LogP contribution in [0.1, 0.15) is 30.4 Å². The van der Waals surface area contributed by atoms with Gasteiger partial charge in [0, 0.05) is 43.4 Å². The molecule has 2 saturated heterocycles. The van der Waals surface area contributed by atoms with Crippen LogP contribution in [-0.2, 0) is 6.54 Å². The summed E-state index contributed by atoms with van der Waals surface area (Å²) in [6.45, 7) is 4.01. The number of nitrogens with zero attached hydrogens (tertiary/aromatic N) is 4. The maximum Gasteiger partial charge on any atom is 0.163 e. The number of aromatic nitrogens is 1. The molecule has 3 heterocycles. The zero-order chi connectivity index (χ0) is 18.9. The molecule has 140 valence electrons. The highest BCUT2D eigenvalue weighted by Gasteiger charge is 2.41. The number of hydrogen-bond acceptors (Lipinski definition) is 4. The van der Waals surface area contributed by atoms with Crippen LogP contribution in [0, 0.1) is 28.4 Å². The Kier molecular flexibility index (Phi) is 4.79. The van der Waals surface area contributed by atoms with Crippen molar-refractivity contribution in [3.8, 4) is 6.07 Å². The number of piperidine rings is 1. The lowest BCUT2D eigenvalue weighted by Gasteiger charge is -2.40. The molecule has 4 nitrogen and oxygen atoms in total. The molecule has 0 bridgehead atoms. The van der Waals surface area contributed by atoms with E-state index in [1.165, 1.54) is 0 Å². The van der Waals surface area contributed by atoms with E-state index in [0.29, 0.717) is 17.7 Å². The highest BCUT2D eigenvalue weighted by Crippen LogP contribution is 2.40. The standard InChI is InChI=1S/C21H22F2N4/c22-18-4-1-3-17(20(18)23)13-26-9-2-6-21(14-26)7-10-27(15-21)19-11-16(12-24)5-8-25-19/h1,3-5,8,11H,2,6-7,9-10,13-15H2/t21-/m0/s1. The third-order valence-corrected chi connectivity index (χ3v) is 5.80. The second-order valence-electron chi connectivity index (χ2n) is 7.71. The molecule has 0 radical (unpaired) electrons. The Morgan fingerprint density at radius 3 is 2.89 bits per heavy atom. The van der Waals surface area contributed by atoms with E-state index in [9.17, 15) is 8.78 Å². The van der Waals surface area contributed by atoms with E-state index in [4.69, 9.17) is 5.26 Å². The first kappa shape index (κ1) is 17.9. The van der Waals surface area contributed by atoms with Crippen LogP contribution in [0.25, 0.3) is 0 Å². The molecule has 0 amide bonds. The number of rotatable bonds is 3. The van der Waals surface area contributed by atoms with E-state index in [1.807, 2.05) is 6.07 Å². The monoisotopic (exact) mass is 368 g/mol. The van der Waals surface area contributed by atoms with Gasteiger partial charge in [-0.3, -0.25) is 4.90 Å². The van der Waals surface area contributed by atoms with Gasteiger partial charge in [-0.25, -0.2) is 13.8 Å². The van der Waals surface area contributed by atoms with Gasteiger partial charge in [-0.1, -0.05) is 12.1 Å². The van der Waals surface area contributed by atoms with Gasteiger partial charge >= 0.3 is 0 Å². The van der Waals surface area contributed by atoms with Crippen molar-refractivity contribution in [3.05, 3.63) is 59.3 Å². The Morgan fingerprint density at radius 2 is 2.04 bits per heavy atom. The van der Waals surface area contributed by atoms with Crippen molar-refractivity contribution in [3.63, 3.8) is 0 Å². The lowest BCUT2D eigenvalue weighted by atomic mass is 9.79. The third-order valence-electron chi connectivity index (χ3n) is 5.80. The van der Waals surface area contributed by atoms with Gasteiger partial charge in [-0.15, -0.1) is 0 Å². The molecule has 4 rings (SSSR count). The Balaban J connectivity index is 1.46. The average molecular weight is 368 g/mol. The zero-order valence-corrected chi connectivity index (χ0v) is 15.2. The summed E-state index contributed by atoms with van der Waals surface area (Å²) >= 11 is 0. The van der Waals surface area contributed by atoms with Crippen LogP contribution in [-0.4, -0.2) is 36.1 Å². The molecule has 2 aromatic rings. The van der Waals surface area contributed by atoms with E-state index >= 15 is 0 Å². The second-order valence-corrected chi connectivity index (χ2v) is 7.71. The number of halogens is 2. The molecule has 27 heavy (non-hydrogen) atoms. The Hall–Kier alpha value is -2.52. The number of anilines is 1. The Bertz CT molecular complexity index is 879. The van der Waals surface area contributed by atoms with Gasteiger partial charge in [0.2, 0.25) is 0 Å². The molecule has 2 fully saturated rings. The summed E-state index contributed by atoms with van der Waals surface area (Å²) in [5, 5.41) is 9.10. The predicted molar refractivity (Wildman–Crippen MR) is 99.1 cm³/mol. The number of benzene rings is 1.